The second-order valence-electron chi connectivity index (χ2n) is 8.60. The van der Waals surface area contributed by atoms with Crippen LogP contribution in [-0.4, -0.2) is 65.8 Å². The lowest BCUT2D eigenvalue weighted by Gasteiger charge is -2.33. The highest BCUT2D eigenvalue weighted by atomic mass is 32.2. The molecule has 0 radical (unpaired) electrons. The van der Waals surface area contributed by atoms with Crippen LogP contribution < -0.4 is 9.47 Å². The van der Waals surface area contributed by atoms with Gasteiger partial charge in [0.15, 0.2) is 0 Å². The van der Waals surface area contributed by atoms with Gasteiger partial charge in [0.1, 0.15) is 16.4 Å². The molecule has 32 heavy (non-hydrogen) atoms. The highest BCUT2D eigenvalue weighted by Crippen LogP contribution is 2.31. The van der Waals surface area contributed by atoms with Crippen molar-refractivity contribution in [3.05, 3.63) is 48.0 Å². The molecule has 1 saturated heterocycles. The number of piperazine rings is 1. The Bertz CT molecular complexity index is 1160. The second-order valence-corrected chi connectivity index (χ2v) is 12.4. The van der Waals surface area contributed by atoms with Crippen LogP contribution in [0.1, 0.15) is 26.3 Å². The van der Waals surface area contributed by atoms with Gasteiger partial charge in [-0.1, -0.05) is 32.9 Å². The van der Waals surface area contributed by atoms with Crippen LogP contribution in [0.15, 0.2) is 52.3 Å². The first-order valence-corrected chi connectivity index (χ1v) is 13.1. The molecule has 1 fully saturated rings. The molecule has 0 N–H and O–H groups in total. The predicted octanol–water partition coefficient (Wildman–Crippen LogP) is 2.70. The Kier molecular flexibility index (Phi) is 6.90. The van der Waals surface area contributed by atoms with E-state index in [1.165, 1.54) is 35.0 Å². The zero-order valence-corrected chi connectivity index (χ0v) is 20.7. The van der Waals surface area contributed by atoms with E-state index < -0.39 is 20.0 Å². The van der Waals surface area contributed by atoms with E-state index in [0.717, 1.165) is 5.56 Å². The zero-order chi connectivity index (χ0) is 23.7. The highest BCUT2D eigenvalue weighted by molar-refractivity contribution is 7.89. The molecule has 3 rings (SSSR count). The van der Waals surface area contributed by atoms with Crippen molar-refractivity contribution in [2.24, 2.45) is 0 Å². The van der Waals surface area contributed by atoms with Gasteiger partial charge < -0.3 is 9.47 Å². The number of sulfonamides is 2. The van der Waals surface area contributed by atoms with Gasteiger partial charge in [-0.25, -0.2) is 16.8 Å². The van der Waals surface area contributed by atoms with Gasteiger partial charge in [0.25, 0.3) is 0 Å². The molecule has 1 aliphatic rings. The van der Waals surface area contributed by atoms with Crippen molar-refractivity contribution in [2.75, 3.05) is 40.4 Å². The number of hydrogen-bond acceptors (Lipinski definition) is 6. The highest BCUT2D eigenvalue weighted by Gasteiger charge is 2.35. The van der Waals surface area contributed by atoms with Crippen LogP contribution in [0.3, 0.4) is 0 Å². The lowest BCUT2D eigenvalue weighted by molar-refractivity contribution is 0.272. The first kappa shape index (κ1) is 24.5. The number of methoxy groups -OCH3 is 2. The Morgan fingerprint density at radius 1 is 0.750 bits per heavy atom. The molecule has 1 heterocycles. The van der Waals surface area contributed by atoms with Crippen molar-refractivity contribution < 1.29 is 26.3 Å². The van der Waals surface area contributed by atoms with Crippen LogP contribution >= 0.6 is 0 Å². The molecule has 0 bridgehead atoms. The third-order valence-electron chi connectivity index (χ3n) is 5.54. The summed E-state index contributed by atoms with van der Waals surface area (Å²) in [5.74, 6) is 0.660. The van der Waals surface area contributed by atoms with Gasteiger partial charge in [0.05, 0.1) is 19.1 Å². The van der Waals surface area contributed by atoms with Crippen LogP contribution in [0.5, 0.6) is 11.5 Å². The summed E-state index contributed by atoms with van der Waals surface area (Å²) in [6.07, 6.45) is 0. The van der Waals surface area contributed by atoms with Gasteiger partial charge >= 0.3 is 0 Å². The topological polar surface area (TPSA) is 93.2 Å². The molecule has 176 valence electrons. The summed E-state index contributed by atoms with van der Waals surface area (Å²) in [5.41, 5.74) is 0.964. The van der Waals surface area contributed by atoms with Gasteiger partial charge in [-0.3, -0.25) is 0 Å². The fraction of sp³-hybridized carbons (Fsp3) is 0.455. The molecule has 0 spiro atoms. The molecule has 0 atom stereocenters. The maximum absolute atomic E-state index is 13.2. The van der Waals surface area contributed by atoms with E-state index in [-0.39, 0.29) is 47.1 Å². The Hall–Kier alpha value is -2.14. The van der Waals surface area contributed by atoms with Crippen LogP contribution in [0.25, 0.3) is 0 Å². The van der Waals surface area contributed by atoms with Crippen LogP contribution in [-0.2, 0) is 25.5 Å². The Morgan fingerprint density at radius 3 is 1.75 bits per heavy atom. The van der Waals surface area contributed by atoms with Crippen LogP contribution in [0, 0.1) is 0 Å². The van der Waals surface area contributed by atoms with Gasteiger partial charge in [-0.2, -0.15) is 8.61 Å². The summed E-state index contributed by atoms with van der Waals surface area (Å²) in [6.45, 7) is 6.44. The van der Waals surface area contributed by atoms with Gasteiger partial charge in [0, 0.05) is 32.2 Å². The molecule has 10 heteroatoms. The minimum atomic E-state index is -3.85. The minimum absolute atomic E-state index is 0.0230. The van der Waals surface area contributed by atoms with Crippen molar-refractivity contribution in [3.8, 4) is 11.5 Å². The van der Waals surface area contributed by atoms with E-state index in [1.807, 2.05) is 12.1 Å². The zero-order valence-electron chi connectivity index (χ0n) is 19.0. The minimum Gasteiger partial charge on any atom is -0.497 e. The maximum Gasteiger partial charge on any atom is 0.246 e. The molecule has 0 saturated carbocycles. The molecule has 0 aliphatic carbocycles. The summed E-state index contributed by atoms with van der Waals surface area (Å²) in [6, 6.07) is 11.4. The Labute approximate surface area is 190 Å². The third kappa shape index (κ3) is 4.78. The SMILES string of the molecule is COc1ccc(S(=O)(=O)N2CCN(S(=O)(=O)c3ccc(C(C)(C)C)cc3)CC2)c(OC)c1. The summed E-state index contributed by atoms with van der Waals surface area (Å²) < 4.78 is 65.4. The summed E-state index contributed by atoms with van der Waals surface area (Å²) in [7, 11) is -4.69. The lowest BCUT2D eigenvalue weighted by Crippen LogP contribution is -2.50. The second kappa shape index (κ2) is 9.01. The van der Waals surface area contributed by atoms with E-state index in [4.69, 9.17) is 9.47 Å². The molecule has 0 aromatic heterocycles. The first-order chi connectivity index (χ1) is 14.9. The summed E-state index contributed by atoms with van der Waals surface area (Å²) in [5, 5.41) is 0. The number of ether oxygens (including phenoxy) is 2. The van der Waals surface area contributed by atoms with Gasteiger partial charge in [-0.05, 0) is 35.2 Å². The molecular formula is C22H30N2O6S2. The molecular weight excluding hydrogens is 452 g/mol. The predicted molar refractivity (Wildman–Crippen MR) is 122 cm³/mol. The number of nitrogens with zero attached hydrogens (tertiary/aromatic N) is 2. The van der Waals surface area contributed by atoms with Crippen LogP contribution in [0.2, 0.25) is 0 Å². The van der Waals surface area contributed by atoms with E-state index in [1.54, 1.807) is 18.2 Å². The first-order valence-electron chi connectivity index (χ1n) is 10.2. The molecule has 1 aliphatic heterocycles. The fourth-order valence-electron chi connectivity index (χ4n) is 3.55. The molecule has 8 nitrogen and oxygen atoms in total. The van der Waals surface area contributed by atoms with Crippen molar-refractivity contribution in [1.82, 2.24) is 8.61 Å². The molecule has 2 aromatic carbocycles. The van der Waals surface area contributed by atoms with E-state index in [0.29, 0.717) is 5.75 Å². The Morgan fingerprint density at radius 2 is 1.28 bits per heavy atom. The van der Waals surface area contributed by atoms with Crippen molar-refractivity contribution in [2.45, 2.75) is 36.0 Å². The molecule has 2 aromatic rings. The third-order valence-corrected chi connectivity index (χ3v) is 9.40. The van der Waals surface area contributed by atoms with E-state index >= 15 is 0 Å². The fourth-order valence-corrected chi connectivity index (χ4v) is 6.53. The average molecular weight is 483 g/mol. The quantitative estimate of drug-likeness (QED) is 0.629. The number of hydrogen-bond donors (Lipinski definition) is 0. The van der Waals surface area contributed by atoms with Crippen LogP contribution in [0.4, 0.5) is 0 Å². The van der Waals surface area contributed by atoms with Gasteiger partial charge in [0.2, 0.25) is 20.0 Å². The normalized spacial score (nSPS) is 16.7. The summed E-state index contributed by atoms with van der Waals surface area (Å²) in [4.78, 5) is 0.230. The number of benzene rings is 2. The van der Waals surface area contributed by atoms with Gasteiger partial charge in [-0.15, -0.1) is 0 Å². The Balaban J connectivity index is 1.77. The maximum atomic E-state index is 13.2. The lowest BCUT2D eigenvalue weighted by atomic mass is 9.87. The van der Waals surface area contributed by atoms with E-state index in [2.05, 4.69) is 20.8 Å². The summed E-state index contributed by atoms with van der Waals surface area (Å²) >= 11 is 0. The molecule has 0 unspecified atom stereocenters. The number of rotatable bonds is 6. The van der Waals surface area contributed by atoms with Crippen molar-refractivity contribution in [3.63, 3.8) is 0 Å². The van der Waals surface area contributed by atoms with Crippen molar-refractivity contribution >= 4 is 20.0 Å². The monoisotopic (exact) mass is 482 g/mol. The largest absolute Gasteiger partial charge is 0.497 e. The smallest absolute Gasteiger partial charge is 0.246 e. The molecule has 0 amide bonds. The van der Waals surface area contributed by atoms with Crippen molar-refractivity contribution in [1.29, 1.82) is 0 Å². The average Bonchev–Trinajstić information content (AvgIpc) is 2.78. The van der Waals surface area contributed by atoms with E-state index in [9.17, 15) is 16.8 Å². The standard InChI is InChI=1S/C22H30N2O6S2/c1-22(2,3)17-6-9-19(10-7-17)31(25,26)23-12-14-24(15-13-23)32(27,28)21-11-8-18(29-4)16-20(21)30-5/h6-11,16H,12-15H2,1-5H3.